The Hall–Kier alpha value is -3.14. The highest BCUT2D eigenvalue weighted by Gasteiger charge is 2.56. The van der Waals surface area contributed by atoms with Crippen molar-refractivity contribution in [2.75, 3.05) is 44.0 Å². The van der Waals surface area contributed by atoms with Crippen molar-refractivity contribution < 1.29 is 27.4 Å². The third kappa shape index (κ3) is 6.90. The number of benzene rings is 1. The molecule has 0 amide bonds. The Balaban J connectivity index is 1.09. The Labute approximate surface area is 256 Å². The quantitative estimate of drug-likeness (QED) is 0.344. The van der Waals surface area contributed by atoms with Gasteiger partial charge in [-0.3, -0.25) is 0 Å². The molecule has 1 aromatic carbocycles. The van der Waals surface area contributed by atoms with Crippen molar-refractivity contribution in [3.05, 3.63) is 41.6 Å². The zero-order valence-electron chi connectivity index (χ0n) is 25.5. The maximum atomic E-state index is 12.8. The third-order valence-corrected chi connectivity index (χ3v) is 9.91. The minimum Gasteiger partial charge on any atom is -0.405 e. The number of rotatable bonds is 10. The van der Waals surface area contributed by atoms with E-state index in [-0.39, 0.29) is 23.7 Å². The van der Waals surface area contributed by atoms with Gasteiger partial charge in [0.05, 0.1) is 19.4 Å². The molecule has 1 aromatic heterocycles. The molecule has 238 valence electrons. The summed E-state index contributed by atoms with van der Waals surface area (Å²) in [4.78, 5) is 11.3. The summed E-state index contributed by atoms with van der Waals surface area (Å²) in [6.07, 6.45) is 2.64. The molecule has 4 bridgehead atoms. The van der Waals surface area contributed by atoms with E-state index in [4.69, 9.17) is 9.47 Å². The van der Waals surface area contributed by atoms with Gasteiger partial charge in [-0.2, -0.15) is 10.2 Å². The van der Waals surface area contributed by atoms with Gasteiger partial charge in [0, 0.05) is 37.2 Å². The lowest BCUT2D eigenvalue weighted by atomic mass is 9.47. The van der Waals surface area contributed by atoms with Gasteiger partial charge in [0.2, 0.25) is 5.95 Å². The highest BCUT2D eigenvalue weighted by molar-refractivity contribution is 5.53. The Kier molecular flexibility index (Phi) is 8.41. The highest BCUT2D eigenvalue weighted by atomic mass is 19.4. The Morgan fingerprint density at radius 3 is 2.48 bits per heavy atom. The van der Waals surface area contributed by atoms with Crippen LogP contribution in [0.15, 0.2) is 30.5 Å². The number of alkyl halides is 3. The third-order valence-electron chi connectivity index (χ3n) is 9.91. The molecule has 9 nitrogen and oxygen atoms in total. The van der Waals surface area contributed by atoms with Gasteiger partial charge in [-0.25, -0.2) is 4.98 Å². The largest absolute Gasteiger partial charge is 0.573 e. The van der Waals surface area contributed by atoms with Crippen LogP contribution in [0.25, 0.3) is 0 Å². The number of hydrogen-bond acceptors (Lipinski definition) is 9. The molecule has 2 heterocycles. The van der Waals surface area contributed by atoms with Crippen LogP contribution in [0.1, 0.15) is 57.1 Å². The molecule has 5 aliphatic rings. The van der Waals surface area contributed by atoms with E-state index in [2.05, 4.69) is 43.4 Å². The topological polar surface area (TPSA) is 105 Å². The van der Waals surface area contributed by atoms with Crippen LogP contribution in [-0.4, -0.2) is 66.4 Å². The van der Waals surface area contributed by atoms with E-state index < -0.39 is 12.1 Å². The van der Waals surface area contributed by atoms with Gasteiger partial charge in [-0.05, 0) is 82.2 Å². The number of nitrogens with zero attached hydrogens (tertiary/aromatic N) is 4. The second kappa shape index (κ2) is 12.0. The normalized spacial score (nSPS) is 29.4. The standard InChI is InChI=1S/C32H41F3N6O3/c1-30(2)42-17-21(18-43-30)16-41(3)27-23-8-20-9-24(27)12-31(10-20,11-23)19-39-28-25(13-36)15-38-29(40-28)37-14-22-6-4-5-7-26(22)44-32(33,34)35/h4-7,15,20-21,23-24,27H,8-12,14,16-19H2,1-3H3,(H2,37,38,39,40)/t20?,23-,24+,27?,31?. The van der Waals surface area contributed by atoms with Gasteiger partial charge in [0.1, 0.15) is 23.2 Å². The molecule has 4 aliphatic carbocycles. The summed E-state index contributed by atoms with van der Waals surface area (Å²) in [5.74, 6) is 2.23. The molecule has 2 N–H and O–H groups in total. The summed E-state index contributed by atoms with van der Waals surface area (Å²) in [5.41, 5.74) is 0.792. The summed E-state index contributed by atoms with van der Waals surface area (Å²) in [6, 6.07) is 8.66. The van der Waals surface area contributed by atoms with E-state index >= 15 is 0 Å². The zero-order valence-corrected chi connectivity index (χ0v) is 25.5. The Morgan fingerprint density at radius 1 is 1.09 bits per heavy atom. The van der Waals surface area contributed by atoms with Crippen molar-refractivity contribution in [2.24, 2.45) is 29.1 Å². The number of ether oxygens (including phenoxy) is 3. The van der Waals surface area contributed by atoms with Gasteiger partial charge in [0.15, 0.2) is 5.79 Å². The molecule has 1 saturated heterocycles. The molecule has 2 aromatic rings. The number of hydrogen-bond donors (Lipinski definition) is 2. The first kappa shape index (κ1) is 30.9. The first-order valence-corrected chi connectivity index (χ1v) is 15.5. The van der Waals surface area contributed by atoms with Crippen LogP contribution in [0.2, 0.25) is 0 Å². The SMILES string of the molecule is CN(CC1COC(C)(C)OC1)C1[C@@H]2CC3C[C@H]1CC(CNc1nc(NCc4ccccc4OC(F)(F)F)ncc1C#N)(C3)C2. The molecule has 4 saturated carbocycles. The summed E-state index contributed by atoms with van der Waals surface area (Å²) in [6.45, 7) is 7.10. The van der Waals surface area contributed by atoms with Crippen LogP contribution in [0.5, 0.6) is 5.75 Å². The predicted octanol–water partition coefficient (Wildman–Crippen LogP) is 5.80. The second-order valence-electron chi connectivity index (χ2n) is 13.7. The highest BCUT2D eigenvalue weighted by Crippen LogP contribution is 2.61. The average Bonchev–Trinajstić information content (AvgIpc) is 2.95. The lowest BCUT2D eigenvalue weighted by Gasteiger charge is -2.62. The molecule has 12 heteroatoms. The summed E-state index contributed by atoms with van der Waals surface area (Å²) >= 11 is 0. The number of nitriles is 1. The molecular weight excluding hydrogens is 573 g/mol. The number of aromatic nitrogens is 2. The van der Waals surface area contributed by atoms with Gasteiger partial charge >= 0.3 is 6.36 Å². The van der Waals surface area contributed by atoms with E-state index in [0.29, 0.717) is 40.7 Å². The van der Waals surface area contributed by atoms with Crippen molar-refractivity contribution in [2.45, 2.75) is 70.7 Å². The van der Waals surface area contributed by atoms with Gasteiger partial charge in [-0.1, -0.05) is 18.2 Å². The molecule has 7 rings (SSSR count). The summed E-state index contributed by atoms with van der Waals surface area (Å²) in [7, 11) is 2.26. The van der Waals surface area contributed by atoms with Crippen LogP contribution < -0.4 is 15.4 Å². The smallest absolute Gasteiger partial charge is 0.405 e. The van der Waals surface area contributed by atoms with Gasteiger partial charge < -0.3 is 29.7 Å². The van der Waals surface area contributed by atoms with Crippen LogP contribution in [0, 0.1) is 40.4 Å². The lowest BCUT2D eigenvalue weighted by molar-refractivity contribution is -0.274. The van der Waals surface area contributed by atoms with E-state index in [0.717, 1.165) is 45.1 Å². The summed E-state index contributed by atoms with van der Waals surface area (Å²) in [5, 5.41) is 16.2. The number of para-hydroxylation sites is 1. The van der Waals surface area contributed by atoms with Crippen LogP contribution >= 0.6 is 0 Å². The van der Waals surface area contributed by atoms with Crippen LogP contribution in [-0.2, 0) is 16.0 Å². The fourth-order valence-corrected chi connectivity index (χ4v) is 8.47. The van der Waals surface area contributed by atoms with Crippen molar-refractivity contribution >= 4 is 11.8 Å². The first-order chi connectivity index (χ1) is 20.9. The molecule has 0 spiro atoms. The molecule has 0 radical (unpaired) electrons. The lowest BCUT2D eigenvalue weighted by Crippen LogP contribution is -2.60. The molecule has 1 aliphatic heterocycles. The van der Waals surface area contributed by atoms with Crippen LogP contribution in [0.4, 0.5) is 24.9 Å². The van der Waals surface area contributed by atoms with E-state index in [9.17, 15) is 18.4 Å². The van der Waals surface area contributed by atoms with Crippen molar-refractivity contribution in [3.63, 3.8) is 0 Å². The summed E-state index contributed by atoms with van der Waals surface area (Å²) < 4.78 is 54.5. The van der Waals surface area contributed by atoms with Crippen molar-refractivity contribution in [1.82, 2.24) is 14.9 Å². The fraction of sp³-hybridized carbons (Fsp3) is 0.656. The molecular formula is C32H41F3N6O3. The zero-order chi connectivity index (χ0) is 31.1. The van der Waals surface area contributed by atoms with E-state index in [1.807, 2.05) is 13.8 Å². The van der Waals surface area contributed by atoms with Gasteiger partial charge in [-0.15, -0.1) is 13.2 Å². The molecule has 5 atom stereocenters. The Morgan fingerprint density at radius 2 is 1.80 bits per heavy atom. The second-order valence-corrected chi connectivity index (χ2v) is 13.7. The monoisotopic (exact) mass is 614 g/mol. The Bertz CT molecular complexity index is 1360. The van der Waals surface area contributed by atoms with Crippen molar-refractivity contribution in [1.29, 1.82) is 5.26 Å². The maximum absolute atomic E-state index is 12.8. The van der Waals surface area contributed by atoms with Crippen LogP contribution in [0.3, 0.4) is 0 Å². The molecule has 5 fully saturated rings. The number of nitrogens with one attached hydrogen (secondary N) is 2. The average molecular weight is 615 g/mol. The first-order valence-electron chi connectivity index (χ1n) is 15.5. The van der Waals surface area contributed by atoms with Gasteiger partial charge in [0.25, 0.3) is 0 Å². The van der Waals surface area contributed by atoms with E-state index in [1.165, 1.54) is 37.6 Å². The maximum Gasteiger partial charge on any atom is 0.573 e. The number of anilines is 2. The predicted molar refractivity (Wildman–Crippen MR) is 158 cm³/mol. The fourth-order valence-electron chi connectivity index (χ4n) is 8.47. The van der Waals surface area contributed by atoms with Crippen molar-refractivity contribution in [3.8, 4) is 11.8 Å². The number of halogens is 3. The molecule has 3 unspecified atom stereocenters. The molecule has 44 heavy (non-hydrogen) atoms. The minimum atomic E-state index is -4.79. The van der Waals surface area contributed by atoms with E-state index in [1.54, 1.807) is 12.1 Å². The minimum absolute atomic E-state index is 0.0261.